The number of hydrogen-bond donors (Lipinski definition) is 0. The van der Waals surface area contributed by atoms with Crippen molar-refractivity contribution < 1.29 is 4.79 Å². The standard InChI is InChI=1S/C9H8N2OS2/c1-6-2-7(5-13-6)3-8(12)9-4-10-11-14-9/h2,4-5H,3H2,1H3. The first-order chi connectivity index (χ1) is 6.75. The van der Waals surface area contributed by atoms with Crippen molar-refractivity contribution in [3.05, 3.63) is 33.0 Å². The van der Waals surface area contributed by atoms with E-state index in [1.807, 2.05) is 18.4 Å². The fourth-order valence-corrected chi connectivity index (χ4v) is 2.31. The summed E-state index contributed by atoms with van der Waals surface area (Å²) in [5, 5.41) is 5.66. The summed E-state index contributed by atoms with van der Waals surface area (Å²) in [6, 6.07) is 2.04. The van der Waals surface area contributed by atoms with Gasteiger partial charge in [0.25, 0.3) is 0 Å². The molecule has 0 unspecified atom stereocenters. The van der Waals surface area contributed by atoms with Crippen molar-refractivity contribution >= 4 is 28.7 Å². The second-order valence-corrected chi connectivity index (χ2v) is 4.85. The highest BCUT2D eigenvalue weighted by molar-refractivity contribution is 7.10. The molecule has 0 aromatic carbocycles. The first-order valence-corrected chi connectivity index (χ1v) is 5.75. The Morgan fingerprint density at radius 2 is 2.43 bits per heavy atom. The Balaban J connectivity index is 2.09. The third kappa shape index (κ3) is 2.05. The molecule has 0 saturated heterocycles. The van der Waals surface area contributed by atoms with Crippen LogP contribution in [0.5, 0.6) is 0 Å². The predicted molar refractivity (Wildman–Crippen MR) is 57.0 cm³/mol. The zero-order valence-corrected chi connectivity index (χ0v) is 9.19. The molecule has 0 bridgehead atoms. The normalized spacial score (nSPS) is 10.4. The molecular formula is C9H8N2OS2. The van der Waals surface area contributed by atoms with Gasteiger partial charge in [0.15, 0.2) is 5.78 Å². The molecule has 72 valence electrons. The van der Waals surface area contributed by atoms with Gasteiger partial charge in [-0.25, -0.2) is 0 Å². The van der Waals surface area contributed by atoms with Gasteiger partial charge in [0, 0.05) is 11.3 Å². The van der Waals surface area contributed by atoms with E-state index in [9.17, 15) is 4.79 Å². The molecule has 2 rings (SSSR count). The number of aromatic nitrogens is 2. The van der Waals surface area contributed by atoms with Crippen molar-refractivity contribution in [2.24, 2.45) is 0 Å². The Hall–Kier alpha value is -1.07. The Morgan fingerprint density at radius 1 is 1.57 bits per heavy atom. The molecule has 2 aromatic heterocycles. The van der Waals surface area contributed by atoms with E-state index in [4.69, 9.17) is 0 Å². The fourth-order valence-electron chi connectivity index (χ4n) is 1.15. The van der Waals surface area contributed by atoms with Crippen molar-refractivity contribution in [3.63, 3.8) is 0 Å². The van der Waals surface area contributed by atoms with Crippen LogP contribution in [0.1, 0.15) is 20.1 Å². The lowest BCUT2D eigenvalue weighted by Crippen LogP contribution is -1.99. The van der Waals surface area contributed by atoms with Gasteiger partial charge in [0.05, 0.1) is 6.20 Å². The van der Waals surface area contributed by atoms with Gasteiger partial charge < -0.3 is 0 Å². The lowest BCUT2D eigenvalue weighted by Gasteiger charge is -1.92. The molecule has 3 nitrogen and oxygen atoms in total. The topological polar surface area (TPSA) is 42.9 Å². The lowest BCUT2D eigenvalue weighted by molar-refractivity contribution is 0.0997. The van der Waals surface area contributed by atoms with Crippen LogP contribution in [0, 0.1) is 6.92 Å². The maximum Gasteiger partial charge on any atom is 0.180 e. The fraction of sp³-hybridized carbons (Fsp3) is 0.222. The van der Waals surface area contributed by atoms with Gasteiger partial charge in [0.2, 0.25) is 0 Å². The van der Waals surface area contributed by atoms with Gasteiger partial charge >= 0.3 is 0 Å². The second-order valence-electron chi connectivity index (χ2n) is 2.95. The molecule has 0 radical (unpaired) electrons. The number of thiophene rings is 1. The Bertz CT molecular complexity index is 433. The van der Waals surface area contributed by atoms with Crippen LogP contribution in [0.2, 0.25) is 0 Å². The van der Waals surface area contributed by atoms with Crippen LogP contribution in [0.3, 0.4) is 0 Å². The maximum atomic E-state index is 11.6. The molecule has 0 saturated carbocycles. The van der Waals surface area contributed by atoms with E-state index in [-0.39, 0.29) is 5.78 Å². The zero-order chi connectivity index (χ0) is 9.97. The van der Waals surface area contributed by atoms with Gasteiger partial charge in [-0.05, 0) is 35.5 Å². The van der Waals surface area contributed by atoms with Crippen molar-refractivity contribution in [2.75, 3.05) is 0 Å². The molecule has 0 atom stereocenters. The Kier molecular flexibility index (Phi) is 2.69. The molecule has 0 aliphatic heterocycles. The van der Waals surface area contributed by atoms with E-state index in [0.29, 0.717) is 11.3 Å². The third-order valence-electron chi connectivity index (χ3n) is 1.79. The van der Waals surface area contributed by atoms with E-state index >= 15 is 0 Å². The van der Waals surface area contributed by atoms with Gasteiger partial charge in [-0.2, -0.15) is 0 Å². The van der Waals surface area contributed by atoms with Crippen LogP contribution in [0.25, 0.3) is 0 Å². The van der Waals surface area contributed by atoms with Crippen LogP contribution in [-0.2, 0) is 6.42 Å². The van der Waals surface area contributed by atoms with E-state index in [1.165, 1.54) is 11.1 Å². The number of hydrogen-bond acceptors (Lipinski definition) is 5. The number of rotatable bonds is 3. The first kappa shape index (κ1) is 9.48. The number of nitrogens with zero attached hydrogens (tertiary/aromatic N) is 2. The van der Waals surface area contributed by atoms with Crippen LogP contribution in [-0.4, -0.2) is 15.4 Å². The van der Waals surface area contributed by atoms with Gasteiger partial charge in [0.1, 0.15) is 4.88 Å². The highest BCUT2D eigenvalue weighted by atomic mass is 32.1. The summed E-state index contributed by atoms with van der Waals surface area (Å²) in [6.07, 6.45) is 1.97. The molecule has 14 heavy (non-hydrogen) atoms. The van der Waals surface area contributed by atoms with Crippen LogP contribution in [0.4, 0.5) is 0 Å². The summed E-state index contributed by atoms with van der Waals surface area (Å²) in [5.74, 6) is 0.0952. The quantitative estimate of drug-likeness (QED) is 0.751. The molecule has 2 heterocycles. The number of carbonyl (C=O) groups excluding carboxylic acids is 1. The minimum absolute atomic E-state index is 0.0952. The van der Waals surface area contributed by atoms with Crippen molar-refractivity contribution in [1.29, 1.82) is 0 Å². The predicted octanol–water partition coefficient (Wildman–Crippen LogP) is 2.33. The highest BCUT2D eigenvalue weighted by Gasteiger charge is 2.10. The summed E-state index contributed by atoms with van der Waals surface area (Å²) in [7, 11) is 0. The molecule has 0 fully saturated rings. The molecule has 0 aliphatic carbocycles. The SMILES string of the molecule is Cc1cc(CC(=O)c2cnns2)cs1. The summed E-state index contributed by atoms with van der Waals surface area (Å²) < 4.78 is 3.66. The lowest BCUT2D eigenvalue weighted by atomic mass is 10.1. The monoisotopic (exact) mass is 224 g/mol. The molecular weight excluding hydrogens is 216 g/mol. The van der Waals surface area contributed by atoms with Crippen molar-refractivity contribution in [3.8, 4) is 0 Å². The minimum Gasteiger partial charge on any atom is -0.293 e. The molecule has 0 aliphatic rings. The van der Waals surface area contributed by atoms with Crippen LogP contribution < -0.4 is 0 Å². The van der Waals surface area contributed by atoms with Gasteiger partial charge in [-0.3, -0.25) is 4.79 Å². The summed E-state index contributed by atoms with van der Waals surface area (Å²) >= 11 is 2.81. The number of ketones is 1. The average Bonchev–Trinajstić information content (AvgIpc) is 2.75. The van der Waals surface area contributed by atoms with Crippen LogP contribution in [0.15, 0.2) is 17.6 Å². The van der Waals surface area contributed by atoms with Crippen molar-refractivity contribution in [2.45, 2.75) is 13.3 Å². The summed E-state index contributed by atoms with van der Waals surface area (Å²) in [5.41, 5.74) is 1.07. The number of aryl methyl sites for hydroxylation is 1. The van der Waals surface area contributed by atoms with E-state index in [0.717, 1.165) is 17.1 Å². The Labute approximate surface area is 89.6 Å². The summed E-state index contributed by atoms with van der Waals surface area (Å²) in [6.45, 7) is 2.03. The largest absolute Gasteiger partial charge is 0.293 e. The summed E-state index contributed by atoms with van der Waals surface area (Å²) in [4.78, 5) is 13.5. The molecule has 5 heteroatoms. The van der Waals surface area contributed by atoms with E-state index in [1.54, 1.807) is 11.3 Å². The molecule has 0 spiro atoms. The number of Topliss-reactive ketones (excluding diaryl/α,β-unsaturated/α-hetero) is 1. The number of carbonyl (C=O) groups is 1. The Morgan fingerprint density at radius 3 is 3.00 bits per heavy atom. The van der Waals surface area contributed by atoms with E-state index < -0.39 is 0 Å². The first-order valence-electron chi connectivity index (χ1n) is 4.10. The molecule has 0 amide bonds. The zero-order valence-electron chi connectivity index (χ0n) is 7.56. The molecule has 0 N–H and O–H groups in total. The third-order valence-corrected chi connectivity index (χ3v) is 3.40. The average molecular weight is 224 g/mol. The van der Waals surface area contributed by atoms with E-state index in [2.05, 4.69) is 9.59 Å². The van der Waals surface area contributed by atoms with Gasteiger partial charge in [-0.1, -0.05) is 4.49 Å². The molecule has 2 aromatic rings. The smallest absolute Gasteiger partial charge is 0.180 e. The highest BCUT2D eigenvalue weighted by Crippen LogP contribution is 2.16. The van der Waals surface area contributed by atoms with Crippen LogP contribution >= 0.6 is 22.9 Å². The van der Waals surface area contributed by atoms with Crippen molar-refractivity contribution in [1.82, 2.24) is 9.59 Å². The maximum absolute atomic E-state index is 11.6. The minimum atomic E-state index is 0.0952. The van der Waals surface area contributed by atoms with Gasteiger partial charge in [-0.15, -0.1) is 16.4 Å². The second kappa shape index (κ2) is 3.98.